The monoisotopic (exact) mass is 1030 g/mol. The molecule has 5 aliphatic rings. The molecule has 6 N–H and O–H groups in total. The number of hydrogen-bond acceptors (Lipinski definition) is 4. The third-order valence-corrected chi connectivity index (χ3v) is 16.7. The van der Waals surface area contributed by atoms with E-state index in [0.717, 1.165) is 189 Å². The first-order valence-electron chi connectivity index (χ1n) is 29.2. The van der Waals surface area contributed by atoms with Gasteiger partial charge in [0, 0.05) is 33.1 Å². The molecule has 0 radical (unpaired) electrons. The largest absolute Gasteiger partial charge is 0.353 e. The number of hydrogen-bond donors (Lipinski definition) is 6. The van der Waals surface area contributed by atoms with Crippen molar-refractivity contribution in [2.24, 2.45) is 20.0 Å². The van der Waals surface area contributed by atoms with Crippen LogP contribution < -0.4 is 32.1 Å². The van der Waals surface area contributed by atoms with Gasteiger partial charge in [0.25, 0.3) is 0 Å². The maximum Gasteiger partial charge on any atom is 0.0907 e. The molecule has 78 heavy (non-hydrogen) atoms. The van der Waals surface area contributed by atoms with Gasteiger partial charge in [0.1, 0.15) is 0 Å². The minimum absolute atomic E-state index is 0.881. The highest BCUT2D eigenvalue weighted by Gasteiger charge is 2.27. The Morgan fingerprint density at radius 2 is 0.949 bits per heavy atom. The standard InChI is InChI=1S/C68H78N10/c1-13-21-41-29-61-49-25-26-50(69-49)62-30-42(22-14-2)54(72-62)34-59-47(19-7)39(11)67(77-59)68-40(12)48(20-8)60(78-68)36-56-44(24-16-4)32-64(74-56)52-28-27-51(70-52)63-31-43(23-15-3)55(73-63)35-58-46(18-6)38(10)66(76-58)65-37(9)45(17-5)57(75-65)33-53(41)71-61/h25-36,71-75,77H,13-24H2,1-12H3. The van der Waals surface area contributed by atoms with Gasteiger partial charge in [-0.15, -0.1) is 0 Å². The Hall–Kier alpha value is -7.72. The second kappa shape index (κ2) is 21.6. The topological polar surface area (TPSA) is 144 Å². The molecule has 0 unspecified atom stereocenters. The third-order valence-electron chi connectivity index (χ3n) is 16.7. The first kappa shape index (κ1) is 52.3. The summed E-state index contributed by atoms with van der Waals surface area (Å²) in [7, 11) is 0. The zero-order valence-corrected chi connectivity index (χ0v) is 48.2. The predicted molar refractivity (Wildman–Crippen MR) is 328 cm³/mol. The lowest BCUT2D eigenvalue weighted by Crippen LogP contribution is -2.16. The minimum atomic E-state index is 0.881. The summed E-state index contributed by atoms with van der Waals surface area (Å²) in [6.45, 7) is 27.0. The van der Waals surface area contributed by atoms with Gasteiger partial charge < -0.3 is 29.9 Å². The number of aryl methyl sites for hydroxylation is 4. The number of rotatable bonds is 12. The molecule has 0 aromatic carbocycles. The number of fused-ring (bicyclic) bond motifs is 19. The molecule has 0 fully saturated rings. The summed E-state index contributed by atoms with van der Waals surface area (Å²) in [6.07, 6.45) is 29.3. The summed E-state index contributed by atoms with van der Waals surface area (Å²) in [6, 6.07) is 9.21. The fourth-order valence-electron chi connectivity index (χ4n) is 12.7. The lowest BCUT2D eigenvalue weighted by molar-refractivity contribution is 0.915. The molecule has 0 amide bonds. The molecule has 400 valence electrons. The lowest BCUT2D eigenvalue weighted by Gasteiger charge is -2.04. The van der Waals surface area contributed by atoms with Crippen molar-refractivity contribution in [2.75, 3.05) is 0 Å². The van der Waals surface area contributed by atoms with Gasteiger partial charge in [-0.2, -0.15) is 0 Å². The number of aromatic amines is 6. The van der Waals surface area contributed by atoms with Crippen LogP contribution in [-0.2, 0) is 38.5 Å². The molecular formula is C68H78N10. The van der Waals surface area contributed by atoms with E-state index >= 15 is 0 Å². The molecule has 20 bridgehead atoms. The zero-order chi connectivity index (χ0) is 54.5. The van der Waals surface area contributed by atoms with Crippen LogP contribution in [0.2, 0.25) is 0 Å². The molecule has 11 rings (SSSR count). The molecule has 6 aromatic rings. The number of nitrogens with zero attached hydrogens (tertiary/aromatic N) is 4. The highest BCUT2D eigenvalue weighted by molar-refractivity contribution is 6.25. The summed E-state index contributed by atoms with van der Waals surface area (Å²) >= 11 is 0. The van der Waals surface area contributed by atoms with Crippen LogP contribution in [-0.4, -0.2) is 52.8 Å². The smallest absolute Gasteiger partial charge is 0.0907 e. The molecule has 6 aromatic heterocycles. The maximum atomic E-state index is 5.50. The van der Waals surface area contributed by atoms with E-state index in [2.05, 4.69) is 186 Å². The van der Waals surface area contributed by atoms with Crippen molar-refractivity contribution in [2.45, 2.75) is 160 Å². The number of allylic oxidation sites excluding steroid dienone is 5. The van der Waals surface area contributed by atoms with Gasteiger partial charge in [-0.3, -0.25) is 0 Å². The lowest BCUT2D eigenvalue weighted by atomic mass is 9.98. The molecule has 11 heterocycles. The average Bonchev–Trinajstić information content (AvgIpc) is 4.29. The Morgan fingerprint density at radius 1 is 0.410 bits per heavy atom. The number of nitrogens with one attached hydrogen (secondary N) is 6. The van der Waals surface area contributed by atoms with E-state index in [1.165, 1.54) is 66.8 Å². The first-order chi connectivity index (χ1) is 37.9. The van der Waals surface area contributed by atoms with E-state index in [9.17, 15) is 0 Å². The highest BCUT2D eigenvalue weighted by atomic mass is 14.9. The van der Waals surface area contributed by atoms with Crippen LogP contribution in [0.15, 0.2) is 96.5 Å². The molecule has 0 aliphatic carbocycles. The zero-order valence-electron chi connectivity index (χ0n) is 48.2. The van der Waals surface area contributed by atoms with Crippen LogP contribution in [0, 0.1) is 13.8 Å². The van der Waals surface area contributed by atoms with Crippen molar-refractivity contribution in [3.05, 3.63) is 187 Å². The van der Waals surface area contributed by atoms with Crippen LogP contribution in [0.1, 0.15) is 186 Å². The molecular weight excluding hydrogens is 957 g/mol. The van der Waals surface area contributed by atoms with Crippen LogP contribution in [0.3, 0.4) is 0 Å². The van der Waals surface area contributed by atoms with Gasteiger partial charge in [-0.1, -0.05) is 81.1 Å². The molecule has 5 aliphatic heterocycles. The number of aliphatic imine (C=N–C) groups is 4. The Bertz CT molecular complexity index is 4150. The second-order valence-electron chi connectivity index (χ2n) is 21.8. The van der Waals surface area contributed by atoms with E-state index < -0.39 is 0 Å². The fraction of sp³-hybridized carbons (Fsp3) is 0.353. The van der Waals surface area contributed by atoms with Gasteiger partial charge in [-0.25, -0.2) is 20.0 Å². The van der Waals surface area contributed by atoms with Crippen LogP contribution >= 0.6 is 0 Å². The highest BCUT2D eigenvalue weighted by Crippen LogP contribution is 2.35. The molecule has 0 atom stereocenters. The molecule has 10 heteroatoms. The Balaban J connectivity index is 1.14. The van der Waals surface area contributed by atoms with Gasteiger partial charge >= 0.3 is 0 Å². The van der Waals surface area contributed by atoms with Gasteiger partial charge in [0.15, 0.2) is 0 Å². The summed E-state index contributed by atoms with van der Waals surface area (Å²) in [4.78, 5) is 44.8. The first-order valence-corrected chi connectivity index (χ1v) is 29.2. The summed E-state index contributed by atoms with van der Waals surface area (Å²) in [5.41, 5.74) is 29.5. The van der Waals surface area contributed by atoms with Crippen molar-refractivity contribution < 1.29 is 0 Å². The minimum Gasteiger partial charge on any atom is -0.353 e. The van der Waals surface area contributed by atoms with Crippen molar-refractivity contribution in [3.8, 4) is 0 Å². The van der Waals surface area contributed by atoms with Crippen molar-refractivity contribution >= 4 is 64.2 Å². The van der Waals surface area contributed by atoms with Crippen LogP contribution in [0.25, 0.3) is 41.4 Å². The molecule has 0 saturated heterocycles. The summed E-state index contributed by atoms with van der Waals surface area (Å²) < 4.78 is 0. The van der Waals surface area contributed by atoms with Crippen molar-refractivity contribution in [1.29, 1.82) is 0 Å². The summed E-state index contributed by atoms with van der Waals surface area (Å²) in [5, 5.41) is 6.46. The van der Waals surface area contributed by atoms with E-state index in [0.29, 0.717) is 0 Å². The Kier molecular flexibility index (Phi) is 14.5. The van der Waals surface area contributed by atoms with Gasteiger partial charge in [0.2, 0.25) is 0 Å². The quantitative estimate of drug-likeness (QED) is 0.0694. The normalized spacial score (nSPS) is 15.9. The van der Waals surface area contributed by atoms with Gasteiger partial charge in [0.05, 0.1) is 78.8 Å². The van der Waals surface area contributed by atoms with Crippen LogP contribution in [0.5, 0.6) is 0 Å². The Morgan fingerprint density at radius 3 is 1.50 bits per heavy atom. The van der Waals surface area contributed by atoms with E-state index in [-0.39, 0.29) is 0 Å². The van der Waals surface area contributed by atoms with E-state index in [1.54, 1.807) is 0 Å². The SMILES string of the molecule is CCCc1cc2[nH]c1C=C1N=C(C(C)=C1CC)c1[nH]c(c(CC)c1C)C=c1[nH]c(cc1CCC)=C1C=CC(=N1)c1cc(CCC)c([nH]1)C=c1[nH]c(c(C)c1CC)=C1N=C(C=c3[nH]c(cc3CCC)=C3C=CC2=N3)C(CC)=C1C. The van der Waals surface area contributed by atoms with Crippen LogP contribution in [0.4, 0.5) is 0 Å². The molecule has 0 saturated carbocycles. The Labute approximate surface area is 459 Å². The van der Waals surface area contributed by atoms with Crippen molar-refractivity contribution in [1.82, 2.24) is 29.9 Å². The summed E-state index contributed by atoms with van der Waals surface area (Å²) in [5.74, 6) is 0. The van der Waals surface area contributed by atoms with E-state index in [1.807, 2.05) is 0 Å². The second-order valence-corrected chi connectivity index (χ2v) is 21.8. The maximum absolute atomic E-state index is 5.50. The van der Waals surface area contributed by atoms with Crippen molar-refractivity contribution in [3.63, 3.8) is 0 Å². The van der Waals surface area contributed by atoms with Gasteiger partial charge in [-0.05, 0) is 219 Å². The third kappa shape index (κ3) is 9.30. The predicted octanol–water partition coefficient (Wildman–Crippen LogP) is 10.9. The fourth-order valence-corrected chi connectivity index (χ4v) is 12.7. The molecule has 0 spiro atoms. The average molecular weight is 1040 g/mol. The number of aromatic nitrogens is 6. The van der Waals surface area contributed by atoms with E-state index in [4.69, 9.17) is 20.0 Å². The molecule has 10 nitrogen and oxygen atoms in total. The number of H-pyrrole nitrogens is 6.